The lowest BCUT2D eigenvalue weighted by Crippen LogP contribution is -2.16. The molecule has 1 heterocycles. The van der Waals surface area contributed by atoms with Crippen molar-refractivity contribution in [3.63, 3.8) is 0 Å². The highest BCUT2D eigenvalue weighted by Gasteiger charge is 2.24. The summed E-state index contributed by atoms with van der Waals surface area (Å²) in [5.74, 6) is -1.09. The molecule has 0 unspecified atom stereocenters. The fraction of sp³-hybridized carbons (Fsp3) is 0.167. The normalized spacial score (nSPS) is 12.0. The lowest BCUT2D eigenvalue weighted by Gasteiger charge is -2.09. The quantitative estimate of drug-likeness (QED) is 0.768. The van der Waals surface area contributed by atoms with Gasteiger partial charge in [0.25, 0.3) is 10.0 Å². The molecule has 0 spiro atoms. The third-order valence-electron chi connectivity index (χ3n) is 2.64. The molecule has 0 saturated carbocycles. The molecule has 0 fully saturated rings. The molecule has 0 aliphatic carbocycles. The number of hydrogen-bond donors (Lipinski definition) is 2. The van der Waals surface area contributed by atoms with Gasteiger partial charge < -0.3 is 5.11 Å². The van der Waals surface area contributed by atoms with E-state index in [0.29, 0.717) is 0 Å². The Hall–Kier alpha value is -1.98. The SMILES string of the molecule is CS(=O)(=O)c1ccccc1S(=O)(=O)Nc1nc(CC(=O)O)cs1. The van der Waals surface area contributed by atoms with E-state index in [9.17, 15) is 21.6 Å². The van der Waals surface area contributed by atoms with Crippen LogP contribution in [0.4, 0.5) is 5.13 Å². The highest BCUT2D eigenvalue weighted by atomic mass is 32.2. The van der Waals surface area contributed by atoms with Crippen molar-refractivity contribution in [2.75, 3.05) is 11.0 Å². The molecular formula is C12H12N2O6S3. The minimum atomic E-state index is -4.17. The number of anilines is 1. The molecule has 0 saturated heterocycles. The van der Waals surface area contributed by atoms with Crippen LogP contribution in [0.15, 0.2) is 39.4 Å². The molecule has 2 rings (SSSR count). The van der Waals surface area contributed by atoms with Crippen LogP contribution in [0.2, 0.25) is 0 Å². The number of nitrogens with zero attached hydrogens (tertiary/aromatic N) is 1. The van der Waals surface area contributed by atoms with Crippen LogP contribution in [-0.2, 0) is 31.1 Å². The first-order valence-corrected chi connectivity index (χ1v) is 10.3. The van der Waals surface area contributed by atoms with Gasteiger partial charge in [-0.3, -0.25) is 9.52 Å². The van der Waals surface area contributed by atoms with E-state index in [2.05, 4.69) is 9.71 Å². The van der Waals surface area contributed by atoms with Crippen LogP contribution < -0.4 is 4.72 Å². The van der Waals surface area contributed by atoms with Crippen LogP contribution in [0.5, 0.6) is 0 Å². The molecule has 8 nitrogen and oxygen atoms in total. The number of carboxylic acid groups (broad SMARTS) is 1. The third kappa shape index (κ3) is 4.27. The highest BCUT2D eigenvalue weighted by Crippen LogP contribution is 2.25. The second-order valence-electron chi connectivity index (χ2n) is 4.54. The number of carboxylic acids is 1. The van der Waals surface area contributed by atoms with Crippen molar-refractivity contribution in [2.24, 2.45) is 0 Å². The first-order valence-electron chi connectivity index (χ1n) is 6.08. The molecule has 1 aromatic heterocycles. The average molecular weight is 376 g/mol. The van der Waals surface area contributed by atoms with Crippen LogP contribution in [0.1, 0.15) is 5.69 Å². The van der Waals surface area contributed by atoms with Crippen molar-refractivity contribution >= 4 is 42.3 Å². The standard InChI is InChI=1S/C12H12N2O6S3/c1-22(17,18)9-4-2-3-5-10(9)23(19,20)14-12-13-8(7-21-12)6-11(15)16/h2-5,7H,6H2,1H3,(H,13,14)(H,15,16). The van der Waals surface area contributed by atoms with Gasteiger partial charge in [-0.2, -0.15) is 0 Å². The van der Waals surface area contributed by atoms with Gasteiger partial charge in [-0.1, -0.05) is 12.1 Å². The van der Waals surface area contributed by atoms with Gasteiger partial charge in [-0.25, -0.2) is 21.8 Å². The number of benzene rings is 1. The van der Waals surface area contributed by atoms with Gasteiger partial charge in [0.15, 0.2) is 15.0 Å². The monoisotopic (exact) mass is 376 g/mol. The van der Waals surface area contributed by atoms with E-state index in [1.165, 1.54) is 29.6 Å². The first kappa shape index (κ1) is 17.4. The van der Waals surface area contributed by atoms with Crippen molar-refractivity contribution in [1.82, 2.24) is 4.98 Å². The van der Waals surface area contributed by atoms with Crippen molar-refractivity contribution in [3.8, 4) is 0 Å². The summed E-state index contributed by atoms with van der Waals surface area (Å²) in [6.07, 6.45) is 0.577. The summed E-state index contributed by atoms with van der Waals surface area (Å²) < 4.78 is 50.3. The van der Waals surface area contributed by atoms with Crippen molar-refractivity contribution in [2.45, 2.75) is 16.2 Å². The summed E-state index contributed by atoms with van der Waals surface area (Å²) in [6, 6.07) is 5.19. The minimum absolute atomic E-state index is 0.0374. The van der Waals surface area contributed by atoms with Gasteiger partial charge in [0.2, 0.25) is 0 Å². The fourth-order valence-corrected chi connectivity index (χ4v) is 5.33. The molecule has 2 aromatic rings. The molecule has 0 radical (unpaired) electrons. The predicted octanol–water partition coefficient (Wildman–Crippen LogP) is 0.974. The zero-order chi connectivity index (χ0) is 17.3. The van der Waals surface area contributed by atoms with Crippen LogP contribution in [0.3, 0.4) is 0 Å². The lowest BCUT2D eigenvalue weighted by atomic mass is 10.3. The number of rotatable bonds is 6. The summed E-state index contributed by atoms with van der Waals surface area (Å²) in [6.45, 7) is 0. The molecule has 2 N–H and O–H groups in total. The van der Waals surface area contributed by atoms with Gasteiger partial charge in [-0.05, 0) is 12.1 Å². The smallest absolute Gasteiger partial charge is 0.309 e. The zero-order valence-electron chi connectivity index (χ0n) is 11.8. The van der Waals surface area contributed by atoms with Crippen LogP contribution in [-0.4, -0.2) is 39.2 Å². The van der Waals surface area contributed by atoms with Crippen molar-refractivity contribution in [1.29, 1.82) is 0 Å². The molecular weight excluding hydrogens is 364 g/mol. The topological polar surface area (TPSA) is 130 Å². The van der Waals surface area contributed by atoms with E-state index in [0.717, 1.165) is 17.6 Å². The number of nitrogens with one attached hydrogen (secondary N) is 1. The average Bonchev–Trinajstić information content (AvgIpc) is 2.83. The molecule has 124 valence electrons. The van der Waals surface area contributed by atoms with Crippen LogP contribution in [0, 0.1) is 0 Å². The van der Waals surface area contributed by atoms with Gasteiger partial charge in [0.1, 0.15) is 4.90 Å². The summed E-state index contributed by atoms with van der Waals surface area (Å²) in [5.41, 5.74) is 0.205. The number of aliphatic carboxylic acids is 1. The second-order valence-corrected chi connectivity index (χ2v) is 9.03. The van der Waals surface area contributed by atoms with Gasteiger partial charge in [-0.15, -0.1) is 11.3 Å². The van der Waals surface area contributed by atoms with Crippen molar-refractivity contribution < 1.29 is 26.7 Å². The summed E-state index contributed by atoms with van der Waals surface area (Å²) in [7, 11) is -7.90. The van der Waals surface area contributed by atoms with E-state index in [1.807, 2.05) is 0 Å². The molecule has 0 atom stereocenters. The maximum absolute atomic E-state index is 12.4. The molecule has 0 amide bonds. The molecule has 0 aliphatic rings. The minimum Gasteiger partial charge on any atom is -0.481 e. The van der Waals surface area contributed by atoms with E-state index in [1.54, 1.807) is 0 Å². The van der Waals surface area contributed by atoms with Crippen molar-refractivity contribution in [3.05, 3.63) is 35.3 Å². The Morgan fingerprint density at radius 2 is 1.83 bits per heavy atom. The van der Waals surface area contributed by atoms with Gasteiger partial charge in [0.05, 0.1) is 17.0 Å². The summed E-state index contributed by atoms with van der Waals surface area (Å²) in [4.78, 5) is 13.7. The van der Waals surface area contributed by atoms with E-state index < -0.39 is 30.7 Å². The Morgan fingerprint density at radius 3 is 2.39 bits per heavy atom. The van der Waals surface area contributed by atoms with E-state index in [-0.39, 0.29) is 22.1 Å². The summed E-state index contributed by atoms with van der Waals surface area (Å²) >= 11 is 0.912. The Labute approximate surface area is 136 Å². The third-order valence-corrected chi connectivity index (χ3v) is 6.26. The number of aromatic nitrogens is 1. The molecule has 23 heavy (non-hydrogen) atoms. The maximum atomic E-state index is 12.4. The molecule has 0 aliphatic heterocycles. The molecule has 11 heteroatoms. The zero-order valence-corrected chi connectivity index (χ0v) is 14.2. The largest absolute Gasteiger partial charge is 0.481 e. The van der Waals surface area contributed by atoms with Crippen LogP contribution in [0.25, 0.3) is 0 Å². The van der Waals surface area contributed by atoms with Gasteiger partial charge >= 0.3 is 5.97 Å². The predicted molar refractivity (Wildman–Crippen MR) is 83.8 cm³/mol. The second kappa shape index (κ2) is 6.26. The number of sulfonamides is 1. The number of carbonyl (C=O) groups is 1. The molecule has 0 bridgehead atoms. The van der Waals surface area contributed by atoms with Gasteiger partial charge in [0, 0.05) is 11.6 Å². The number of sulfone groups is 1. The lowest BCUT2D eigenvalue weighted by molar-refractivity contribution is -0.136. The first-order chi connectivity index (χ1) is 10.6. The fourth-order valence-electron chi connectivity index (χ4n) is 1.74. The number of thiazole rings is 1. The maximum Gasteiger partial charge on any atom is 0.309 e. The van der Waals surface area contributed by atoms with Crippen LogP contribution >= 0.6 is 11.3 Å². The summed E-state index contributed by atoms with van der Waals surface area (Å²) in [5, 5.41) is 10.0. The Bertz CT molecular complexity index is 947. The Balaban J connectivity index is 2.37. The number of hydrogen-bond acceptors (Lipinski definition) is 7. The Kier molecular flexibility index (Phi) is 4.73. The van der Waals surface area contributed by atoms with E-state index in [4.69, 9.17) is 5.11 Å². The molecule has 1 aromatic carbocycles. The highest BCUT2D eigenvalue weighted by molar-refractivity contribution is 7.95. The Morgan fingerprint density at radius 1 is 1.22 bits per heavy atom. The van der Waals surface area contributed by atoms with E-state index >= 15 is 0 Å².